The molecule has 37 heavy (non-hydrogen) atoms. The topological polar surface area (TPSA) is 86.7 Å². The van der Waals surface area contributed by atoms with Gasteiger partial charge >= 0.3 is 11.9 Å². The van der Waals surface area contributed by atoms with Gasteiger partial charge in [-0.05, 0) is 29.9 Å². The van der Waals surface area contributed by atoms with Gasteiger partial charge in [-0.25, -0.2) is 0 Å². The fourth-order valence-electron chi connectivity index (χ4n) is 3.89. The minimum absolute atomic E-state index is 0. The van der Waals surface area contributed by atoms with Crippen LogP contribution in [-0.2, 0) is 41.9 Å². The molecular weight excluding hydrogens is 515 g/mol. The zero-order valence-corrected chi connectivity index (χ0v) is 21.5. The summed E-state index contributed by atoms with van der Waals surface area (Å²) in [7, 11) is 0. The number of ether oxygens (including phenoxy) is 2. The average Bonchev–Trinajstić information content (AvgIpc) is 2.87. The van der Waals surface area contributed by atoms with Gasteiger partial charge < -0.3 is 9.47 Å². The Morgan fingerprint density at radius 1 is 0.757 bits per heavy atom. The summed E-state index contributed by atoms with van der Waals surface area (Å²) >= 11 is 11.7. The Hall–Kier alpha value is -2.70. The van der Waals surface area contributed by atoms with Crippen molar-refractivity contribution in [1.29, 1.82) is 0 Å². The fraction of sp³-hybridized carbons (Fsp3) is 0.448. The summed E-state index contributed by atoms with van der Waals surface area (Å²) in [4.78, 5) is 44.9. The number of benzene rings is 2. The molecule has 1 unspecified atom stereocenters. The Labute approximate surface area is 228 Å². The molecule has 0 bridgehead atoms. The van der Waals surface area contributed by atoms with E-state index in [2.05, 4.69) is 0 Å². The van der Waals surface area contributed by atoms with Crippen LogP contribution in [0.25, 0.3) is 0 Å². The molecule has 2 fully saturated rings. The van der Waals surface area contributed by atoms with E-state index >= 15 is 0 Å². The standard InChI is InChI=1S/C14H14Cl2O3.C14H16O3.CH4/c15-14(16)11(8-12(14)17)6-7-13(18)19-9-10-4-2-1-3-5-10;15-13-8-12(9-13)6-7-14(16)17-10-11-4-2-1-3-5-11;/h1-5,11H,6-9H2;1-5,12H,6-10H2;1H4. The smallest absolute Gasteiger partial charge is 0.306 e. The van der Waals surface area contributed by atoms with Crippen molar-refractivity contribution in [2.24, 2.45) is 11.8 Å². The SMILES string of the molecule is C.O=C(CCC1CC(=O)C1(Cl)Cl)OCc1ccccc1.O=C1CC(CCC(=O)OCc2ccccc2)C1. The number of Topliss-reactive ketones (excluding diaryl/α,β-unsaturated/α-hetero) is 2. The summed E-state index contributed by atoms with van der Waals surface area (Å²) in [5.74, 6) is -0.0638. The summed E-state index contributed by atoms with van der Waals surface area (Å²) in [5, 5.41) is 0. The van der Waals surface area contributed by atoms with Gasteiger partial charge in [0.2, 0.25) is 0 Å². The lowest BCUT2D eigenvalue weighted by atomic mass is 9.79. The highest BCUT2D eigenvalue weighted by Crippen LogP contribution is 2.46. The molecule has 0 saturated heterocycles. The summed E-state index contributed by atoms with van der Waals surface area (Å²) in [5.41, 5.74) is 1.94. The number of halogens is 2. The minimum Gasteiger partial charge on any atom is -0.461 e. The third kappa shape index (κ3) is 9.94. The van der Waals surface area contributed by atoms with Crippen LogP contribution >= 0.6 is 23.2 Å². The van der Waals surface area contributed by atoms with Gasteiger partial charge in [-0.3, -0.25) is 19.2 Å². The first-order valence-corrected chi connectivity index (χ1v) is 12.8. The summed E-state index contributed by atoms with van der Waals surface area (Å²) in [6.07, 6.45) is 3.54. The highest BCUT2D eigenvalue weighted by atomic mass is 35.5. The Morgan fingerprint density at radius 2 is 1.22 bits per heavy atom. The van der Waals surface area contributed by atoms with Crippen molar-refractivity contribution >= 4 is 46.7 Å². The molecule has 0 N–H and O–H groups in total. The first-order valence-electron chi connectivity index (χ1n) is 12.1. The van der Waals surface area contributed by atoms with E-state index in [1.807, 2.05) is 60.7 Å². The number of carbonyl (C=O) groups excluding carboxylic acids is 4. The molecule has 1 atom stereocenters. The second kappa shape index (κ2) is 14.9. The molecule has 2 aromatic carbocycles. The van der Waals surface area contributed by atoms with Gasteiger partial charge in [0.25, 0.3) is 0 Å². The van der Waals surface area contributed by atoms with E-state index in [1.165, 1.54) is 0 Å². The fourth-order valence-corrected chi connectivity index (χ4v) is 4.42. The van der Waals surface area contributed by atoms with Crippen LogP contribution in [0, 0.1) is 11.8 Å². The van der Waals surface area contributed by atoms with Gasteiger partial charge in [-0.15, -0.1) is 0 Å². The molecule has 0 amide bonds. The quantitative estimate of drug-likeness (QED) is 0.252. The maximum Gasteiger partial charge on any atom is 0.306 e. The summed E-state index contributed by atoms with van der Waals surface area (Å²) in [6.45, 7) is 0.597. The van der Waals surface area contributed by atoms with Crippen LogP contribution < -0.4 is 0 Å². The van der Waals surface area contributed by atoms with Crippen molar-refractivity contribution in [1.82, 2.24) is 0 Å². The van der Waals surface area contributed by atoms with Gasteiger partial charge in [0.15, 0.2) is 10.1 Å². The molecule has 0 heterocycles. The normalized spacial score (nSPS) is 17.7. The molecule has 0 aromatic heterocycles. The average molecular weight is 549 g/mol. The molecule has 0 radical (unpaired) electrons. The van der Waals surface area contributed by atoms with Crippen LogP contribution in [0.2, 0.25) is 0 Å². The molecule has 4 rings (SSSR count). The predicted molar refractivity (Wildman–Crippen MR) is 143 cm³/mol. The molecule has 2 aromatic rings. The zero-order chi connectivity index (χ0) is 26.0. The maximum absolute atomic E-state index is 11.6. The van der Waals surface area contributed by atoms with Crippen LogP contribution in [-0.4, -0.2) is 27.8 Å². The first-order chi connectivity index (χ1) is 17.2. The van der Waals surface area contributed by atoms with Crippen molar-refractivity contribution in [2.75, 3.05) is 0 Å². The van der Waals surface area contributed by atoms with Crippen molar-refractivity contribution in [3.05, 3.63) is 71.8 Å². The Kier molecular flexibility index (Phi) is 12.3. The molecular formula is C29H34Cl2O6. The van der Waals surface area contributed by atoms with E-state index in [9.17, 15) is 19.2 Å². The van der Waals surface area contributed by atoms with E-state index in [-0.39, 0.29) is 44.1 Å². The number of hydrogen-bond acceptors (Lipinski definition) is 6. The van der Waals surface area contributed by atoms with Crippen molar-refractivity contribution in [3.63, 3.8) is 0 Å². The summed E-state index contributed by atoms with van der Waals surface area (Å²) < 4.78 is 8.98. The molecule has 2 aliphatic carbocycles. The van der Waals surface area contributed by atoms with Gasteiger partial charge in [0, 0.05) is 38.0 Å². The lowest BCUT2D eigenvalue weighted by molar-refractivity contribution is -0.146. The van der Waals surface area contributed by atoms with E-state index in [4.69, 9.17) is 32.7 Å². The van der Waals surface area contributed by atoms with E-state index in [0.717, 1.165) is 17.5 Å². The minimum atomic E-state index is -1.31. The van der Waals surface area contributed by atoms with Gasteiger partial charge in [-0.1, -0.05) is 91.3 Å². The lowest BCUT2D eigenvalue weighted by Crippen LogP contribution is -2.47. The molecule has 2 aliphatic rings. The van der Waals surface area contributed by atoms with Gasteiger partial charge in [0.1, 0.15) is 19.0 Å². The Bertz CT molecular complexity index is 1030. The highest BCUT2D eigenvalue weighted by molar-refractivity contribution is 6.60. The molecule has 2 saturated carbocycles. The predicted octanol–water partition coefficient (Wildman–Crippen LogP) is 6.40. The van der Waals surface area contributed by atoms with Crippen molar-refractivity contribution < 1.29 is 28.7 Å². The van der Waals surface area contributed by atoms with Gasteiger partial charge in [-0.2, -0.15) is 0 Å². The number of ketones is 2. The van der Waals surface area contributed by atoms with E-state index in [0.29, 0.717) is 50.4 Å². The zero-order valence-electron chi connectivity index (χ0n) is 20.0. The lowest BCUT2D eigenvalue weighted by Gasteiger charge is -2.37. The van der Waals surface area contributed by atoms with Crippen molar-refractivity contribution in [3.8, 4) is 0 Å². The molecule has 6 nitrogen and oxygen atoms in total. The van der Waals surface area contributed by atoms with Crippen LogP contribution in [0.4, 0.5) is 0 Å². The number of carbonyl (C=O) groups is 4. The number of esters is 2. The van der Waals surface area contributed by atoms with Crippen LogP contribution in [0.5, 0.6) is 0 Å². The van der Waals surface area contributed by atoms with Gasteiger partial charge in [0.05, 0.1) is 0 Å². The van der Waals surface area contributed by atoms with Crippen LogP contribution in [0.1, 0.15) is 63.5 Å². The highest BCUT2D eigenvalue weighted by Gasteiger charge is 2.52. The molecule has 8 heteroatoms. The number of rotatable bonds is 10. The first kappa shape index (κ1) is 30.5. The van der Waals surface area contributed by atoms with E-state index < -0.39 is 4.33 Å². The summed E-state index contributed by atoms with van der Waals surface area (Å²) in [6, 6.07) is 19.1. The van der Waals surface area contributed by atoms with Crippen LogP contribution in [0.15, 0.2) is 60.7 Å². The largest absolute Gasteiger partial charge is 0.461 e. The third-order valence-electron chi connectivity index (χ3n) is 6.29. The third-order valence-corrected chi connectivity index (χ3v) is 7.33. The molecule has 200 valence electrons. The number of alkyl halides is 2. The van der Waals surface area contributed by atoms with E-state index in [1.54, 1.807) is 0 Å². The Balaban J connectivity index is 0.000000255. The second-order valence-electron chi connectivity index (χ2n) is 9.13. The monoisotopic (exact) mass is 548 g/mol. The molecule has 0 spiro atoms. The second-order valence-corrected chi connectivity index (χ2v) is 10.5. The Morgan fingerprint density at radius 3 is 1.62 bits per heavy atom. The van der Waals surface area contributed by atoms with Crippen molar-refractivity contribution in [2.45, 2.75) is 69.9 Å². The maximum atomic E-state index is 11.6. The van der Waals surface area contributed by atoms with Crippen LogP contribution in [0.3, 0.4) is 0 Å². The number of hydrogen-bond donors (Lipinski definition) is 0. The molecule has 0 aliphatic heterocycles.